The summed E-state index contributed by atoms with van der Waals surface area (Å²) in [5, 5.41) is 0. The maximum absolute atomic E-state index is 5.58. The number of allylic oxidation sites excluding steroid dienone is 2. The van der Waals surface area contributed by atoms with Crippen LogP contribution >= 0.6 is 0 Å². The number of ether oxygens (including phenoxy) is 1. The van der Waals surface area contributed by atoms with Crippen LogP contribution in [0.5, 0.6) is 0 Å². The van der Waals surface area contributed by atoms with Gasteiger partial charge in [0.2, 0.25) is 0 Å². The summed E-state index contributed by atoms with van der Waals surface area (Å²) in [7, 11) is 1.79. The lowest BCUT2D eigenvalue weighted by Crippen LogP contribution is -2.26. The van der Waals surface area contributed by atoms with E-state index in [9.17, 15) is 0 Å². The molecule has 2 bridgehead atoms. The Kier molecular flexibility index (Phi) is 2.22. The largest absolute Gasteiger partial charge is 0.377 e. The number of fused-ring (bicyclic) bond motifs is 5. The van der Waals surface area contributed by atoms with Gasteiger partial charge in [0.25, 0.3) is 0 Å². The van der Waals surface area contributed by atoms with Crippen LogP contribution in [0.25, 0.3) is 0 Å². The number of hydrogen-bond donors (Lipinski definition) is 0. The third-order valence-corrected chi connectivity index (χ3v) is 3.95. The highest BCUT2D eigenvalue weighted by molar-refractivity contribution is 5.47. The third-order valence-electron chi connectivity index (χ3n) is 3.95. The molecule has 3 rings (SSSR count). The van der Waals surface area contributed by atoms with E-state index in [4.69, 9.17) is 4.74 Å². The van der Waals surface area contributed by atoms with E-state index < -0.39 is 0 Å². The normalized spacial score (nSPS) is 34.8. The van der Waals surface area contributed by atoms with Crippen molar-refractivity contribution in [2.75, 3.05) is 7.11 Å². The Balaban J connectivity index is 2.16. The number of rotatable bonds is 2. The highest BCUT2D eigenvalue weighted by Gasteiger charge is 2.43. The molecule has 3 unspecified atom stereocenters. The van der Waals surface area contributed by atoms with E-state index in [1.165, 1.54) is 11.1 Å². The number of hydrogen-bond acceptors (Lipinski definition) is 1. The second kappa shape index (κ2) is 3.60. The first-order valence-electron chi connectivity index (χ1n) is 5.79. The summed E-state index contributed by atoms with van der Waals surface area (Å²) in [5.74, 6) is 1.45. The van der Waals surface area contributed by atoms with E-state index in [2.05, 4.69) is 49.1 Å². The standard InChI is InChI=1S/C15H16O/c1-3-10-12-8-9-14(16-2)15(10)13-7-5-4-6-11(12)13/h3-10,12,14-15H,1H2,2H3/t10?,12?,14-,15?/m1/s1. The Hall–Kier alpha value is -1.34. The maximum atomic E-state index is 5.58. The fraction of sp³-hybridized carbons (Fsp3) is 0.333. The van der Waals surface area contributed by atoms with Crippen molar-refractivity contribution in [1.82, 2.24) is 0 Å². The zero-order valence-electron chi connectivity index (χ0n) is 9.47. The molecule has 1 heteroatoms. The minimum atomic E-state index is 0.197. The van der Waals surface area contributed by atoms with Crippen LogP contribution < -0.4 is 0 Å². The predicted molar refractivity (Wildman–Crippen MR) is 65.5 cm³/mol. The van der Waals surface area contributed by atoms with E-state index in [1.807, 2.05) is 0 Å². The lowest BCUT2D eigenvalue weighted by Gasteiger charge is -2.30. The molecule has 0 aliphatic heterocycles. The highest BCUT2D eigenvalue weighted by atomic mass is 16.5. The Morgan fingerprint density at radius 3 is 2.62 bits per heavy atom. The summed E-state index contributed by atoms with van der Waals surface area (Å²) in [6.45, 7) is 3.99. The van der Waals surface area contributed by atoms with Gasteiger partial charge in [-0.3, -0.25) is 0 Å². The van der Waals surface area contributed by atoms with Crippen LogP contribution in [0, 0.1) is 5.92 Å². The second-order valence-electron chi connectivity index (χ2n) is 4.58. The lowest BCUT2D eigenvalue weighted by atomic mass is 9.79. The van der Waals surface area contributed by atoms with Crippen molar-refractivity contribution in [3.05, 3.63) is 60.2 Å². The third kappa shape index (κ3) is 1.15. The molecular weight excluding hydrogens is 196 g/mol. The summed E-state index contributed by atoms with van der Waals surface area (Å²) < 4.78 is 5.58. The predicted octanol–water partition coefficient (Wildman–Crippen LogP) is 3.25. The zero-order chi connectivity index (χ0) is 11.1. The second-order valence-corrected chi connectivity index (χ2v) is 4.58. The molecule has 1 nitrogen and oxygen atoms in total. The molecule has 2 aliphatic carbocycles. The van der Waals surface area contributed by atoms with Gasteiger partial charge in [-0.15, -0.1) is 6.58 Å². The quantitative estimate of drug-likeness (QED) is 0.684. The Morgan fingerprint density at radius 2 is 1.94 bits per heavy atom. The van der Waals surface area contributed by atoms with E-state index in [-0.39, 0.29) is 6.10 Å². The van der Waals surface area contributed by atoms with Crippen LogP contribution in [-0.2, 0) is 4.74 Å². The zero-order valence-corrected chi connectivity index (χ0v) is 9.47. The first kappa shape index (κ1) is 9.86. The van der Waals surface area contributed by atoms with Gasteiger partial charge in [0.05, 0.1) is 6.10 Å². The first-order chi connectivity index (χ1) is 7.86. The summed E-state index contributed by atoms with van der Waals surface area (Å²) in [6, 6.07) is 8.70. The van der Waals surface area contributed by atoms with Crippen molar-refractivity contribution in [2.24, 2.45) is 5.92 Å². The van der Waals surface area contributed by atoms with Gasteiger partial charge in [-0.1, -0.05) is 42.5 Å². The van der Waals surface area contributed by atoms with Gasteiger partial charge in [-0.05, 0) is 17.0 Å². The van der Waals surface area contributed by atoms with Gasteiger partial charge in [0.15, 0.2) is 0 Å². The van der Waals surface area contributed by atoms with Crippen LogP contribution in [0.3, 0.4) is 0 Å². The van der Waals surface area contributed by atoms with Gasteiger partial charge in [0, 0.05) is 18.9 Å². The summed E-state index contributed by atoms with van der Waals surface area (Å²) in [4.78, 5) is 0. The van der Waals surface area contributed by atoms with Crippen molar-refractivity contribution in [3.63, 3.8) is 0 Å². The van der Waals surface area contributed by atoms with Gasteiger partial charge < -0.3 is 4.74 Å². The first-order valence-corrected chi connectivity index (χ1v) is 5.79. The number of benzene rings is 1. The van der Waals surface area contributed by atoms with Gasteiger partial charge >= 0.3 is 0 Å². The van der Waals surface area contributed by atoms with Crippen molar-refractivity contribution in [3.8, 4) is 0 Å². The Bertz CT molecular complexity index is 447. The van der Waals surface area contributed by atoms with Gasteiger partial charge in [0.1, 0.15) is 0 Å². The molecule has 0 heterocycles. The van der Waals surface area contributed by atoms with Gasteiger partial charge in [-0.2, -0.15) is 0 Å². The molecule has 0 amide bonds. The van der Waals surface area contributed by atoms with E-state index in [0.29, 0.717) is 17.8 Å². The van der Waals surface area contributed by atoms with Crippen molar-refractivity contribution >= 4 is 0 Å². The van der Waals surface area contributed by atoms with Crippen LogP contribution in [0.15, 0.2) is 49.1 Å². The van der Waals surface area contributed by atoms with Crippen LogP contribution in [0.1, 0.15) is 23.0 Å². The summed E-state index contributed by atoms with van der Waals surface area (Å²) >= 11 is 0. The molecule has 2 aliphatic rings. The molecule has 0 saturated heterocycles. The fourth-order valence-corrected chi connectivity index (χ4v) is 3.25. The van der Waals surface area contributed by atoms with Crippen LogP contribution in [0.2, 0.25) is 0 Å². The summed E-state index contributed by atoms with van der Waals surface area (Å²) in [5.41, 5.74) is 2.89. The maximum Gasteiger partial charge on any atom is 0.0826 e. The monoisotopic (exact) mass is 212 g/mol. The SMILES string of the molecule is C=CC1C2C=C[C@@H](OC)C1c1ccccc12. The Labute approximate surface area is 96.4 Å². The van der Waals surface area contributed by atoms with E-state index in [1.54, 1.807) is 7.11 Å². The molecule has 0 N–H and O–H groups in total. The van der Waals surface area contributed by atoms with Crippen LogP contribution in [0.4, 0.5) is 0 Å². The molecule has 16 heavy (non-hydrogen) atoms. The molecule has 0 aromatic heterocycles. The summed E-state index contributed by atoms with van der Waals surface area (Å²) in [6.07, 6.45) is 6.77. The van der Waals surface area contributed by atoms with Crippen molar-refractivity contribution in [2.45, 2.75) is 17.9 Å². The molecule has 4 atom stereocenters. The van der Waals surface area contributed by atoms with Gasteiger partial charge in [-0.25, -0.2) is 0 Å². The molecule has 0 saturated carbocycles. The molecule has 82 valence electrons. The minimum absolute atomic E-state index is 0.197. The number of methoxy groups -OCH3 is 1. The fourth-order valence-electron chi connectivity index (χ4n) is 3.25. The van der Waals surface area contributed by atoms with Crippen LogP contribution in [-0.4, -0.2) is 13.2 Å². The molecule has 0 fully saturated rings. The van der Waals surface area contributed by atoms with Crippen molar-refractivity contribution < 1.29 is 4.74 Å². The molecular formula is C15H16O. The molecule has 0 spiro atoms. The molecule has 0 radical (unpaired) electrons. The lowest BCUT2D eigenvalue weighted by molar-refractivity contribution is 0.100. The average Bonchev–Trinajstić information content (AvgIpc) is 2.57. The molecule has 1 aromatic rings. The average molecular weight is 212 g/mol. The smallest absolute Gasteiger partial charge is 0.0826 e. The topological polar surface area (TPSA) is 9.23 Å². The molecule has 1 aromatic carbocycles. The van der Waals surface area contributed by atoms with Crippen molar-refractivity contribution in [1.29, 1.82) is 0 Å². The van der Waals surface area contributed by atoms with E-state index >= 15 is 0 Å². The minimum Gasteiger partial charge on any atom is -0.377 e. The highest BCUT2D eigenvalue weighted by Crippen LogP contribution is 2.52. The Morgan fingerprint density at radius 1 is 1.19 bits per heavy atom. The van der Waals surface area contributed by atoms with E-state index in [0.717, 1.165) is 0 Å².